The molecule has 0 fully saturated rings. The molecule has 0 spiro atoms. The molecule has 0 aliphatic carbocycles. The summed E-state index contributed by atoms with van der Waals surface area (Å²) in [7, 11) is 1.68. The van der Waals surface area contributed by atoms with Crippen molar-refractivity contribution in [3.8, 4) is 0 Å². The third-order valence-electron chi connectivity index (χ3n) is 3.21. The van der Waals surface area contributed by atoms with Gasteiger partial charge in [-0.25, -0.2) is 4.39 Å². The number of benzene rings is 1. The molecule has 2 rings (SSSR count). The Morgan fingerprint density at radius 2 is 2.25 bits per heavy atom. The van der Waals surface area contributed by atoms with E-state index in [9.17, 15) is 14.3 Å². The zero-order valence-corrected chi connectivity index (χ0v) is 11.3. The number of nitrogens with one attached hydrogen (secondary N) is 1. The molecule has 1 aromatic carbocycles. The Balaban J connectivity index is 2.16. The average Bonchev–Trinajstić information content (AvgIpc) is 2.80. The number of halogens is 1. The van der Waals surface area contributed by atoms with Crippen LogP contribution in [0.15, 0.2) is 30.5 Å². The first kappa shape index (κ1) is 14.2. The zero-order chi connectivity index (χ0) is 14.7. The maximum atomic E-state index is 13.2. The number of nitrogens with zero attached hydrogens (tertiary/aromatic N) is 2. The number of aryl methyl sites for hydroxylation is 2. The summed E-state index contributed by atoms with van der Waals surface area (Å²) in [5, 5.41) is 16.2. The standard InChI is InChI=1S/C14H16FN3O2/c1-9-3-4-11(15)7-10(9)8-16-13(14(19)20)12-5-6-17-18(12)2/h3-7,13,16H,8H2,1-2H3,(H,19,20). The molecule has 2 aromatic rings. The quantitative estimate of drug-likeness (QED) is 0.874. The van der Waals surface area contributed by atoms with Crippen LogP contribution < -0.4 is 5.32 Å². The highest BCUT2D eigenvalue weighted by Crippen LogP contribution is 2.15. The monoisotopic (exact) mass is 277 g/mol. The topological polar surface area (TPSA) is 67.2 Å². The number of carboxylic acid groups (broad SMARTS) is 1. The normalized spacial score (nSPS) is 12.3. The first-order valence-electron chi connectivity index (χ1n) is 6.18. The summed E-state index contributed by atoms with van der Waals surface area (Å²) < 4.78 is 14.7. The third kappa shape index (κ3) is 3.03. The number of carboxylic acids is 1. The Labute approximate surface area is 116 Å². The number of rotatable bonds is 5. The molecule has 0 amide bonds. The molecule has 0 aliphatic rings. The fraction of sp³-hybridized carbons (Fsp3) is 0.286. The van der Waals surface area contributed by atoms with Gasteiger partial charge in [0.2, 0.25) is 0 Å². The summed E-state index contributed by atoms with van der Waals surface area (Å²) in [6.07, 6.45) is 1.54. The van der Waals surface area contributed by atoms with Gasteiger partial charge < -0.3 is 5.11 Å². The van der Waals surface area contributed by atoms with E-state index < -0.39 is 12.0 Å². The first-order valence-corrected chi connectivity index (χ1v) is 6.18. The smallest absolute Gasteiger partial charge is 0.326 e. The number of aliphatic carboxylic acids is 1. The molecular formula is C14H16FN3O2. The first-order chi connectivity index (χ1) is 9.49. The third-order valence-corrected chi connectivity index (χ3v) is 3.21. The van der Waals surface area contributed by atoms with E-state index in [0.717, 1.165) is 11.1 Å². The molecule has 6 heteroatoms. The van der Waals surface area contributed by atoms with E-state index in [1.54, 1.807) is 25.4 Å². The second kappa shape index (κ2) is 5.83. The van der Waals surface area contributed by atoms with Gasteiger partial charge in [-0.05, 0) is 36.2 Å². The van der Waals surface area contributed by atoms with Crippen LogP contribution in [0.25, 0.3) is 0 Å². The maximum absolute atomic E-state index is 13.2. The molecular weight excluding hydrogens is 261 g/mol. The Morgan fingerprint density at radius 3 is 2.85 bits per heavy atom. The Bertz CT molecular complexity index is 625. The van der Waals surface area contributed by atoms with Gasteiger partial charge in [0, 0.05) is 19.8 Å². The van der Waals surface area contributed by atoms with Crippen molar-refractivity contribution in [2.75, 3.05) is 0 Å². The molecule has 1 unspecified atom stereocenters. The lowest BCUT2D eigenvalue weighted by molar-refractivity contribution is -0.139. The number of hydrogen-bond acceptors (Lipinski definition) is 3. The number of hydrogen-bond donors (Lipinski definition) is 2. The lowest BCUT2D eigenvalue weighted by Gasteiger charge is -2.15. The van der Waals surface area contributed by atoms with Crippen LogP contribution in [0.1, 0.15) is 22.9 Å². The van der Waals surface area contributed by atoms with Gasteiger partial charge in [-0.15, -0.1) is 0 Å². The number of aromatic nitrogens is 2. The van der Waals surface area contributed by atoms with Crippen LogP contribution in [0.3, 0.4) is 0 Å². The highest BCUT2D eigenvalue weighted by Gasteiger charge is 2.22. The van der Waals surface area contributed by atoms with Crippen LogP contribution in [-0.2, 0) is 18.4 Å². The van der Waals surface area contributed by atoms with Gasteiger partial charge in [0.05, 0.1) is 5.69 Å². The van der Waals surface area contributed by atoms with Gasteiger partial charge in [0.1, 0.15) is 11.9 Å². The van der Waals surface area contributed by atoms with E-state index in [0.29, 0.717) is 5.69 Å². The van der Waals surface area contributed by atoms with Crippen molar-refractivity contribution >= 4 is 5.97 Å². The fourth-order valence-corrected chi connectivity index (χ4v) is 2.03. The fourth-order valence-electron chi connectivity index (χ4n) is 2.03. The minimum absolute atomic E-state index is 0.270. The molecule has 0 bridgehead atoms. The summed E-state index contributed by atoms with van der Waals surface area (Å²) in [5.74, 6) is -1.33. The van der Waals surface area contributed by atoms with E-state index in [2.05, 4.69) is 10.4 Å². The predicted octanol–water partition coefficient (Wildman–Crippen LogP) is 1.78. The molecule has 1 aromatic heterocycles. The van der Waals surface area contributed by atoms with E-state index in [-0.39, 0.29) is 12.4 Å². The van der Waals surface area contributed by atoms with Crippen molar-refractivity contribution in [2.45, 2.75) is 19.5 Å². The summed E-state index contributed by atoms with van der Waals surface area (Å²) in [6, 6.07) is 5.22. The maximum Gasteiger partial charge on any atom is 0.326 e. The average molecular weight is 277 g/mol. The molecule has 0 saturated carbocycles. The molecule has 1 heterocycles. The SMILES string of the molecule is Cc1ccc(F)cc1CNC(C(=O)O)c1ccnn1C. The molecule has 20 heavy (non-hydrogen) atoms. The zero-order valence-electron chi connectivity index (χ0n) is 11.3. The minimum atomic E-state index is -0.998. The molecule has 1 atom stereocenters. The van der Waals surface area contributed by atoms with Crippen LogP contribution >= 0.6 is 0 Å². The molecule has 5 nitrogen and oxygen atoms in total. The van der Waals surface area contributed by atoms with Crippen molar-refractivity contribution in [2.24, 2.45) is 7.05 Å². The molecule has 0 saturated heterocycles. The van der Waals surface area contributed by atoms with Crippen LogP contribution in [0.5, 0.6) is 0 Å². The van der Waals surface area contributed by atoms with E-state index in [4.69, 9.17) is 0 Å². The molecule has 0 radical (unpaired) electrons. The summed E-state index contributed by atoms with van der Waals surface area (Å²) in [6.45, 7) is 2.13. The van der Waals surface area contributed by atoms with Gasteiger partial charge in [-0.2, -0.15) is 5.10 Å². The lowest BCUT2D eigenvalue weighted by Crippen LogP contribution is -2.30. The summed E-state index contributed by atoms with van der Waals surface area (Å²) in [4.78, 5) is 11.3. The van der Waals surface area contributed by atoms with Crippen LogP contribution in [0.2, 0.25) is 0 Å². The van der Waals surface area contributed by atoms with Crippen molar-refractivity contribution in [1.82, 2.24) is 15.1 Å². The molecule has 2 N–H and O–H groups in total. The Hall–Kier alpha value is -2.21. The van der Waals surface area contributed by atoms with Gasteiger partial charge >= 0.3 is 5.97 Å². The Morgan fingerprint density at radius 1 is 1.50 bits per heavy atom. The second-order valence-corrected chi connectivity index (χ2v) is 4.60. The Kier molecular flexibility index (Phi) is 4.14. The highest BCUT2D eigenvalue weighted by atomic mass is 19.1. The van der Waals surface area contributed by atoms with Gasteiger partial charge in [0.15, 0.2) is 0 Å². The summed E-state index contributed by atoms with van der Waals surface area (Å²) in [5.41, 5.74) is 2.19. The van der Waals surface area contributed by atoms with E-state index >= 15 is 0 Å². The van der Waals surface area contributed by atoms with Crippen LogP contribution in [0, 0.1) is 12.7 Å². The second-order valence-electron chi connectivity index (χ2n) is 4.60. The van der Waals surface area contributed by atoms with Gasteiger partial charge in [-0.3, -0.25) is 14.8 Å². The largest absolute Gasteiger partial charge is 0.480 e. The van der Waals surface area contributed by atoms with E-state index in [1.165, 1.54) is 16.8 Å². The van der Waals surface area contributed by atoms with Crippen molar-refractivity contribution in [3.05, 3.63) is 53.1 Å². The number of carbonyl (C=O) groups is 1. The predicted molar refractivity (Wildman–Crippen MR) is 71.6 cm³/mol. The van der Waals surface area contributed by atoms with Crippen molar-refractivity contribution < 1.29 is 14.3 Å². The molecule has 0 aliphatic heterocycles. The van der Waals surface area contributed by atoms with Crippen LogP contribution in [-0.4, -0.2) is 20.9 Å². The van der Waals surface area contributed by atoms with E-state index in [1.807, 2.05) is 6.92 Å². The molecule has 106 valence electrons. The minimum Gasteiger partial charge on any atom is -0.480 e. The van der Waals surface area contributed by atoms with Gasteiger partial charge in [0.25, 0.3) is 0 Å². The van der Waals surface area contributed by atoms with Crippen molar-refractivity contribution in [3.63, 3.8) is 0 Å². The van der Waals surface area contributed by atoms with Gasteiger partial charge in [-0.1, -0.05) is 6.07 Å². The summed E-state index contributed by atoms with van der Waals surface area (Å²) >= 11 is 0. The lowest BCUT2D eigenvalue weighted by atomic mass is 10.1. The van der Waals surface area contributed by atoms with Crippen molar-refractivity contribution in [1.29, 1.82) is 0 Å². The highest BCUT2D eigenvalue weighted by molar-refractivity contribution is 5.74. The van der Waals surface area contributed by atoms with Crippen LogP contribution in [0.4, 0.5) is 4.39 Å².